The zero-order valence-corrected chi connectivity index (χ0v) is 18.1. The van der Waals surface area contributed by atoms with Crippen molar-refractivity contribution in [2.24, 2.45) is 11.5 Å². The van der Waals surface area contributed by atoms with Crippen LogP contribution in [0.3, 0.4) is 0 Å². The smallest absolute Gasteiger partial charge is 0.252 e. The molecular formula is C24H21FN6O3. The predicted molar refractivity (Wildman–Crippen MR) is 125 cm³/mol. The number of nitrogens with zero attached hydrogens (tertiary/aromatic N) is 2. The summed E-state index contributed by atoms with van der Waals surface area (Å²) < 4.78 is 20.4. The molecule has 10 heteroatoms. The highest BCUT2D eigenvalue weighted by Crippen LogP contribution is 2.37. The Labute approximate surface area is 193 Å². The summed E-state index contributed by atoms with van der Waals surface area (Å²) in [5.74, 6) is -1.88. The van der Waals surface area contributed by atoms with E-state index in [-0.39, 0.29) is 34.1 Å². The molecule has 0 saturated heterocycles. The molecule has 9 nitrogen and oxygen atoms in total. The maximum atomic E-state index is 15.2. The van der Waals surface area contributed by atoms with Crippen molar-refractivity contribution in [3.8, 4) is 5.88 Å². The minimum absolute atomic E-state index is 0.0739. The standard InChI is InChI=1S/C24H21FN6O3/c1-34-21-11-15(8-9-29-21)24(23(28)33,17-6-5-16(26)12-18(17)25)31-20-7-4-13-2-3-14(22(27)32)10-19(13)30-20/h2-12H,26H2,1H3,(H2,27,32)(H2,28,33)(H,30,31). The van der Waals surface area contributed by atoms with Gasteiger partial charge >= 0.3 is 0 Å². The molecule has 0 aliphatic carbocycles. The van der Waals surface area contributed by atoms with E-state index in [4.69, 9.17) is 21.9 Å². The van der Waals surface area contributed by atoms with Gasteiger partial charge in [0.1, 0.15) is 11.6 Å². The van der Waals surface area contributed by atoms with E-state index < -0.39 is 23.2 Å². The van der Waals surface area contributed by atoms with E-state index in [2.05, 4.69) is 15.3 Å². The number of carbonyl (C=O) groups is 2. The number of ether oxygens (including phenoxy) is 1. The first-order valence-corrected chi connectivity index (χ1v) is 10.1. The summed E-state index contributed by atoms with van der Waals surface area (Å²) in [7, 11) is 1.41. The molecule has 4 aromatic rings. The van der Waals surface area contributed by atoms with Crippen LogP contribution in [0.4, 0.5) is 15.9 Å². The number of amides is 2. The van der Waals surface area contributed by atoms with Crippen LogP contribution < -0.4 is 27.3 Å². The number of aromatic nitrogens is 2. The molecule has 0 spiro atoms. The van der Waals surface area contributed by atoms with Crippen molar-refractivity contribution in [3.63, 3.8) is 0 Å². The van der Waals surface area contributed by atoms with Crippen LogP contribution in [-0.2, 0) is 10.3 Å². The molecular weight excluding hydrogens is 439 g/mol. The summed E-state index contributed by atoms with van der Waals surface area (Å²) in [6.07, 6.45) is 1.41. The van der Waals surface area contributed by atoms with Gasteiger partial charge in [-0.05, 0) is 48.0 Å². The summed E-state index contributed by atoms with van der Waals surface area (Å²) in [5.41, 5.74) is 16.2. The Kier molecular flexibility index (Phi) is 5.72. The van der Waals surface area contributed by atoms with Crippen LogP contribution in [0, 0.1) is 5.82 Å². The maximum absolute atomic E-state index is 15.2. The fourth-order valence-electron chi connectivity index (χ4n) is 3.75. The van der Waals surface area contributed by atoms with E-state index >= 15 is 4.39 Å². The third kappa shape index (κ3) is 3.92. The number of primary amides is 2. The van der Waals surface area contributed by atoms with Gasteiger partial charge in [0, 0.05) is 34.5 Å². The minimum atomic E-state index is -1.91. The summed E-state index contributed by atoms with van der Waals surface area (Å²) in [6, 6.07) is 15.1. The van der Waals surface area contributed by atoms with Crippen molar-refractivity contribution in [2.45, 2.75) is 5.54 Å². The summed E-state index contributed by atoms with van der Waals surface area (Å²) >= 11 is 0. The number of hydrogen-bond acceptors (Lipinski definition) is 7. The van der Waals surface area contributed by atoms with Gasteiger partial charge in [-0.2, -0.15) is 0 Å². The van der Waals surface area contributed by atoms with Crippen molar-refractivity contribution >= 4 is 34.2 Å². The molecule has 4 rings (SSSR count). The number of halogens is 1. The largest absolute Gasteiger partial charge is 0.481 e. The van der Waals surface area contributed by atoms with Crippen molar-refractivity contribution < 1.29 is 18.7 Å². The second-order valence-corrected chi connectivity index (χ2v) is 7.53. The first-order valence-electron chi connectivity index (χ1n) is 10.1. The summed E-state index contributed by atoms with van der Waals surface area (Å²) in [5, 5.41) is 3.74. The Bertz CT molecular complexity index is 1430. The molecule has 2 heterocycles. The summed E-state index contributed by atoms with van der Waals surface area (Å²) in [4.78, 5) is 33.2. The molecule has 172 valence electrons. The molecule has 0 aliphatic rings. The third-order valence-corrected chi connectivity index (χ3v) is 5.44. The molecule has 2 aromatic heterocycles. The number of nitrogen functional groups attached to an aromatic ring is 1. The Hall–Kier alpha value is -4.73. The lowest BCUT2D eigenvalue weighted by Crippen LogP contribution is -2.49. The molecule has 1 unspecified atom stereocenters. The number of anilines is 2. The van der Waals surface area contributed by atoms with Gasteiger partial charge < -0.3 is 27.3 Å². The van der Waals surface area contributed by atoms with Crippen LogP contribution in [0.1, 0.15) is 21.5 Å². The van der Waals surface area contributed by atoms with Gasteiger partial charge in [-0.15, -0.1) is 0 Å². The van der Waals surface area contributed by atoms with Gasteiger partial charge in [0.15, 0.2) is 5.54 Å². The van der Waals surface area contributed by atoms with Crippen LogP contribution in [0.5, 0.6) is 5.88 Å². The Balaban J connectivity index is 1.95. The van der Waals surface area contributed by atoms with E-state index in [1.807, 2.05) is 0 Å². The van der Waals surface area contributed by atoms with Crippen molar-refractivity contribution in [3.05, 3.63) is 89.4 Å². The molecule has 1 atom stereocenters. The monoisotopic (exact) mass is 460 g/mol. The minimum Gasteiger partial charge on any atom is -0.481 e. The zero-order valence-electron chi connectivity index (χ0n) is 18.1. The van der Waals surface area contributed by atoms with E-state index in [0.29, 0.717) is 5.52 Å². The molecule has 34 heavy (non-hydrogen) atoms. The zero-order chi connectivity index (χ0) is 24.5. The lowest BCUT2D eigenvalue weighted by Gasteiger charge is -2.33. The van der Waals surface area contributed by atoms with Gasteiger partial charge in [0.25, 0.3) is 5.91 Å². The lowest BCUT2D eigenvalue weighted by molar-refractivity contribution is -0.121. The second kappa shape index (κ2) is 8.66. The molecule has 0 fully saturated rings. The number of pyridine rings is 2. The Morgan fingerprint density at radius 2 is 1.79 bits per heavy atom. The van der Waals surface area contributed by atoms with Crippen molar-refractivity contribution in [1.82, 2.24) is 9.97 Å². The number of rotatable bonds is 7. The highest BCUT2D eigenvalue weighted by atomic mass is 19.1. The molecule has 7 N–H and O–H groups in total. The number of fused-ring (bicyclic) bond motifs is 1. The number of hydrogen-bond donors (Lipinski definition) is 4. The number of benzene rings is 2. The number of methoxy groups -OCH3 is 1. The summed E-state index contributed by atoms with van der Waals surface area (Å²) in [6.45, 7) is 0. The SMILES string of the molecule is COc1cc(C(Nc2ccc3ccc(C(N)=O)cc3n2)(C(N)=O)c2ccc(N)cc2F)ccn1. The highest BCUT2D eigenvalue weighted by Gasteiger charge is 2.43. The first kappa shape index (κ1) is 22.5. The topological polar surface area (TPSA) is 159 Å². The third-order valence-electron chi connectivity index (χ3n) is 5.44. The average molecular weight is 460 g/mol. The fraction of sp³-hybridized carbons (Fsp3) is 0.0833. The van der Waals surface area contributed by atoms with Gasteiger partial charge in [-0.25, -0.2) is 14.4 Å². The van der Waals surface area contributed by atoms with Crippen LogP contribution in [-0.4, -0.2) is 28.9 Å². The van der Waals surface area contributed by atoms with Crippen LogP contribution in [0.25, 0.3) is 10.9 Å². The molecule has 0 bridgehead atoms. The predicted octanol–water partition coefficient (Wildman–Crippen LogP) is 2.30. The average Bonchev–Trinajstić information content (AvgIpc) is 2.82. The molecule has 0 saturated carbocycles. The fourth-order valence-corrected chi connectivity index (χ4v) is 3.75. The van der Waals surface area contributed by atoms with Gasteiger partial charge in [-0.1, -0.05) is 12.1 Å². The van der Waals surface area contributed by atoms with Crippen molar-refractivity contribution in [1.29, 1.82) is 0 Å². The normalized spacial score (nSPS) is 12.6. The van der Waals surface area contributed by atoms with Crippen LogP contribution in [0.2, 0.25) is 0 Å². The Morgan fingerprint density at radius 1 is 1.03 bits per heavy atom. The van der Waals surface area contributed by atoms with Gasteiger partial charge in [-0.3, -0.25) is 9.59 Å². The first-order chi connectivity index (χ1) is 16.2. The van der Waals surface area contributed by atoms with E-state index in [0.717, 1.165) is 11.5 Å². The van der Waals surface area contributed by atoms with E-state index in [1.165, 1.54) is 43.6 Å². The van der Waals surface area contributed by atoms with E-state index in [9.17, 15) is 9.59 Å². The molecule has 0 radical (unpaired) electrons. The highest BCUT2D eigenvalue weighted by molar-refractivity contribution is 5.97. The molecule has 2 amide bonds. The number of nitrogens with one attached hydrogen (secondary N) is 1. The van der Waals surface area contributed by atoms with Gasteiger partial charge in [0.05, 0.1) is 12.6 Å². The number of carbonyl (C=O) groups excluding carboxylic acids is 2. The second-order valence-electron chi connectivity index (χ2n) is 7.53. The lowest BCUT2D eigenvalue weighted by atomic mass is 9.81. The maximum Gasteiger partial charge on any atom is 0.252 e. The van der Waals surface area contributed by atoms with Crippen LogP contribution >= 0.6 is 0 Å². The van der Waals surface area contributed by atoms with Gasteiger partial charge in [0.2, 0.25) is 11.8 Å². The molecule has 0 aliphatic heterocycles. The molecule has 2 aromatic carbocycles. The number of nitrogens with two attached hydrogens (primary N) is 3. The van der Waals surface area contributed by atoms with Crippen LogP contribution in [0.15, 0.2) is 66.9 Å². The quantitative estimate of drug-likeness (QED) is 0.308. The Morgan fingerprint density at radius 3 is 2.47 bits per heavy atom. The van der Waals surface area contributed by atoms with Crippen molar-refractivity contribution in [2.75, 3.05) is 18.2 Å². The van der Waals surface area contributed by atoms with E-state index in [1.54, 1.807) is 24.3 Å².